The summed E-state index contributed by atoms with van der Waals surface area (Å²) in [5.74, 6) is -2.64. The van der Waals surface area contributed by atoms with Gasteiger partial charge in [0.25, 0.3) is 11.8 Å². The van der Waals surface area contributed by atoms with Crippen LogP contribution in [-0.2, 0) is 26.0 Å². The first kappa shape index (κ1) is 32.5. The van der Waals surface area contributed by atoms with E-state index < -0.39 is 45.7 Å². The maximum absolute atomic E-state index is 14.4. The van der Waals surface area contributed by atoms with Crippen molar-refractivity contribution in [3.05, 3.63) is 77.0 Å². The Morgan fingerprint density at radius 2 is 1.62 bits per heavy atom. The minimum atomic E-state index is -4.26. The van der Waals surface area contributed by atoms with Gasteiger partial charge in [-0.15, -0.1) is 0 Å². The van der Waals surface area contributed by atoms with Crippen molar-refractivity contribution >= 4 is 27.7 Å². The maximum atomic E-state index is 14.4. The number of sulfonamides is 1. The lowest BCUT2D eigenvalue weighted by atomic mass is 9.98. The number of hydrogen-bond donors (Lipinski definition) is 1. The van der Waals surface area contributed by atoms with Gasteiger partial charge in [-0.3, -0.25) is 14.4 Å². The molecule has 0 aliphatic heterocycles. The summed E-state index contributed by atoms with van der Waals surface area (Å²) >= 11 is 0. The van der Waals surface area contributed by atoms with Crippen LogP contribution in [0.1, 0.15) is 60.7 Å². The number of likely N-dealkylation sites (N-methyl/N-ethyl adjacent to an activating group) is 1. The van der Waals surface area contributed by atoms with Crippen molar-refractivity contribution in [1.82, 2.24) is 14.4 Å². The Kier molecular flexibility index (Phi) is 10.7. The number of hydrogen-bond acceptors (Lipinski definition) is 7. The normalized spacial score (nSPS) is 13.0. The average Bonchev–Trinajstić information content (AvgIpc) is 3.47. The van der Waals surface area contributed by atoms with Crippen LogP contribution in [0.4, 0.5) is 0 Å². The molecule has 42 heavy (non-hydrogen) atoms. The van der Waals surface area contributed by atoms with Gasteiger partial charge in [0.05, 0.1) is 11.9 Å². The molecule has 2 atom stereocenters. The van der Waals surface area contributed by atoms with Crippen LogP contribution in [0.5, 0.6) is 0 Å². The van der Waals surface area contributed by atoms with Crippen LogP contribution >= 0.6 is 0 Å². The molecular formula is C31H40N4O6S. The summed E-state index contributed by atoms with van der Waals surface area (Å²) in [6.45, 7) is 8.83. The van der Waals surface area contributed by atoms with E-state index in [1.54, 1.807) is 56.3 Å². The topological polar surface area (TPSA) is 144 Å². The predicted octanol–water partition coefficient (Wildman–Crippen LogP) is 4.11. The van der Waals surface area contributed by atoms with Gasteiger partial charge in [0.2, 0.25) is 15.9 Å². The number of unbranched alkanes of at least 4 members (excludes halogenated alkanes) is 1. The van der Waals surface area contributed by atoms with E-state index in [1.807, 2.05) is 26.8 Å². The van der Waals surface area contributed by atoms with Crippen molar-refractivity contribution in [3.63, 3.8) is 0 Å². The van der Waals surface area contributed by atoms with Gasteiger partial charge in [-0.2, -0.15) is 0 Å². The third-order valence-corrected chi connectivity index (χ3v) is 8.91. The monoisotopic (exact) mass is 596 g/mol. The van der Waals surface area contributed by atoms with E-state index >= 15 is 0 Å². The van der Waals surface area contributed by atoms with Crippen molar-refractivity contribution in [2.24, 2.45) is 11.7 Å². The molecule has 0 saturated carbocycles. The van der Waals surface area contributed by atoms with Crippen LogP contribution in [0.2, 0.25) is 0 Å². The average molecular weight is 597 g/mol. The molecule has 0 aliphatic carbocycles. The molecule has 10 nitrogen and oxygen atoms in total. The number of carbonyl (C=O) groups excluding carboxylic acids is 3. The Morgan fingerprint density at radius 3 is 2.12 bits per heavy atom. The number of rotatable bonds is 13. The van der Waals surface area contributed by atoms with Gasteiger partial charge in [0, 0.05) is 30.7 Å². The van der Waals surface area contributed by atoms with Crippen molar-refractivity contribution in [2.75, 3.05) is 12.8 Å². The molecular weight excluding hydrogens is 556 g/mol. The number of nitrogens with zero attached hydrogens (tertiary/aromatic N) is 3. The molecule has 0 bridgehead atoms. The zero-order chi connectivity index (χ0) is 31.2. The SMILES string of the molecule is CCCCS(=O)(=O)N(C(=O)[C@H](Cc1ccc(-c2ccno2)cc1)N(C)C(=O)c1cc(C)cc(C)c1)[C@H](C(N)=O)C(C)C. The largest absolute Gasteiger partial charge is 0.368 e. The van der Waals surface area contributed by atoms with Crippen LogP contribution in [0.3, 0.4) is 0 Å². The summed E-state index contributed by atoms with van der Waals surface area (Å²) in [5.41, 5.74) is 9.22. The number of amides is 3. The number of benzene rings is 2. The van der Waals surface area contributed by atoms with E-state index in [-0.39, 0.29) is 12.2 Å². The Hall–Kier alpha value is -3.99. The molecule has 3 rings (SSSR count). The molecule has 3 aromatic rings. The molecule has 0 aliphatic rings. The Balaban J connectivity index is 2.12. The summed E-state index contributed by atoms with van der Waals surface area (Å²) in [4.78, 5) is 42.0. The van der Waals surface area contributed by atoms with E-state index in [0.29, 0.717) is 34.0 Å². The van der Waals surface area contributed by atoms with Gasteiger partial charge in [-0.25, -0.2) is 12.7 Å². The third kappa shape index (κ3) is 7.64. The van der Waals surface area contributed by atoms with Gasteiger partial charge in [-0.1, -0.05) is 73.8 Å². The van der Waals surface area contributed by atoms with E-state index in [9.17, 15) is 22.8 Å². The lowest BCUT2D eigenvalue weighted by Crippen LogP contribution is -2.59. The molecule has 1 aromatic heterocycles. The summed E-state index contributed by atoms with van der Waals surface area (Å²) < 4.78 is 33.1. The number of primary amides is 1. The highest BCUT2D eigenvalue weighted by Gasteiger charge is 2.43. The van der Waals surface area contributed by atoms with Crippen LogP contribution in [0, 0.1) is 19.8 Å². The lowest BCUT2D eigenvalue weighted by Gasteiger charge is -2.36. The van der Waals surface area contributed by atoms with Crippen LogP contribution in [0.15, 0.2) is 59.3 Å². The zero-order valence-electron chi connectivity index (χ0n) is 25.0. The second-order valence-electron chi connectivity index (χ2n) is 11.0. The number of aryl methyl sites for hydroxylation is 2. The fourth-order valence-electron chi connectivity index (χ4n) is 4.96. The molecule has 3 amide bonds. The van der Waals surface area contributed by atoms with E-state index in [2.05, 4.69) is 5.16 Å². The molecule has 0 fully saturated rings. The first-order valence-corrected chi connectivity index (χ1v) is 15.6. The number of aromatic nitrogens is 1. The molecule has 1 heterocycles. The molecule has 226 valence electrons. The molecule has 0 spiro atoms. The predicted molar refractivity (Wildman–Crippen MR) is 161 cm³/mol. The standard InChI is InChI=1S/C31H40N4O6S/c1-7-8-15-42(39,40)35(28(20(2)3)29(32)36)31(38)26(34(6)30(37)25-17-21(4)16-22(5)18-25)19-23-9-11-24(12-10-23)27-13-14-33-41-27/h9-14,16-18,20,26,28H,7-8,15,19H2,1-6H3,(H2,32,36)/t26-,28-/m0/s1. The fourth-order valence-corrected chi connectivity index (χ4v) is 6.90. The number of nitrogens with two attached hydrogens (primary N) is 1. The second kappa shape index (κ2) is 13.8. The van der Waals surface area contributed by atoms with Crippen LogP contribution in [0.25, 0.3) is 11.3 Å². The molecule has 2 aromatic carbocycles. The first-order chi connectivity index (χ1) is 19.8. The molecule has 0 unspecified atom stereocenters. The highest BCUT2D eigenvalue weighted by Crippen LogP contribution is 2.25. The van der Waals surface area contributed by atoms with Crippen molar-refractivity contribution in [2.45, 2.75) is 66.0 Å². The minimum Gasteiger partial charge on any atom is -0.368 e. The van der Waals surface area contributed by atoms with E-state index in [0.717, 1.165) is 16.7 Å². The Morgan fingerprint density at radius 1 is 1.00 bits per heavy atom. The number of carbonyl (C=O) groups is 3. The fraction of sp³-hybridized carbons (Fsp3) is 0.419. The minimum absolute atomic E-state index is 0.00801. The van der Waals surface area contributed by atoms with Gasteiger partial charge in [-0.05, 0) is 43.9 Å². The van der Waals surface area contributed by atoms with Gasteiger partial charge in [0.15, 0.2) is 5.76 Å². The third-order valence-electron chi connectivity index (χ3n) is 7.10. The quantitative estimate of drug-likeness (QED) is 0.313. The summed E-state index contributed by atoms with van der Waals surface area (Å²) in [6, 6.07) is 11.5. The summed E-state index contributed by atoms with van der Waals surface area (Å²) in [6.07, 6.45) is 2.38. The van der Waals surface area contributed by atoms with E-state index in [4.69, 9.17) is 10.3 Å². The highest BCUT2D eigenvalue weighted by molar-refractivity contribution is 7.89. The molecule has 2 N–H and O–H groups in total. The summed E-state index contributed by atoms with van der Waals surface area (Å²) in [5, 5.41) is 3.72. The van der Waals surface area contributed by atoms with Crippen LogP contribution in [-0.4, -0.2) is 65.4 Å². The van der Waals surface area contributed by atoms with Gasteiger partial charge >= 0.3 is 0 Å². The lowest BCUT2D eigenvalue weighted by molar-refractivity contribution is -0.138. The van der Waals surface area contributed by atoms with Crippen molar-refractivity contribution in [1.29, 1.82) is 0 Å². The summed E-state index contributed by atoms with van der Waals surface area (Å²) in [7, 11) is -2.79. The smallest absolute Gasteiger partial charge is 0.259 e. The van der Waals surface area contributed by atoms with Crippen LogP contribution < -0.4 is 5.73 Å². The maximum Gasteiger partial charge on any atom is 0.259 e. The van der Waals surface area contributed by atoms with Gasteiger partial charge < -0.3 is 15.2 Å². The molecule has 11 heteroatoms. The molecule has 0 saturated heterocycles. The first-order valence-electron chi connectivity index (χ1n) is 14.0. The zero-order valence-corrected chi connectivity index (χ0v) is 25.8. The Labute approximate surface area is 247 Å². The van der Waals surface area contributed by atoms with Gasteiger partial charge in [0.1, 0.15) is 12.1 Å². The highest BCUT2D eigenvalue weighted by atomic mass is 32.2. The van der Waals surface area contributed by atoms with Crippen molar-refractivity contribution < 1.29 is 27.3 Å². The second-order valence-corrected chi connectivity index (χ2v) is 12.9. The molecule has 0 radical (unpaired) electrons. The van der Waals surface area contributed by atoms with Crippen molar-refractivity contribution in [3.8, 4) is 11.3 Å². The Bertz CT molecular complexity index is 1480. The van der Waals surface area contributed by atoms with E-state index in [1.165, 1.54) is 18.1 Å².